The van der Waals surface area contributed by atoms with E-state index in [-0.39, 0.29) is 0 Å². The van der Waals surface area contributed by atoms with Gasteiger partial charge in [-0.2, -0.15) is 0 Å². The van der Waals surface area contributed by atoms with Gasteiger partial charge >= 0.3 is 0 Å². The standard InChI is InChI=1S/C11H20.2C11H18.C11H14.C10H18.2C10H16.C10H12.C9H16.2C9H14.C9H10/c4*1-2-6-10-8-4-5-9-11(10)7-3-1;4*1-2-6-10-8-4-3-7-9(10)5-1;4*1-2-5-9-7-3-6-8(9)4-1/h10-11H,1-9H2;1-9H2;4-5,10-11H,1-3,6-9H2;4-5,8-9H,1-3,6-7H2;9-10H,1-8H2;1-8H2;1-2,9-10H,3-8H2;1-2,5-6H,3-4,7-8H2;8-9H,1-7H2;1-7H2;1-2,8-9H,3-7H2;1-2,4-5H,3,6-7H2. The van der Waals surface area contributed by atoms with E-state index in [0.717, 1.165) is 59.2 Å². The second-order valence-corrected chi connectivity index (χ2v) is 43.3. The molecule has 120 heavy (non-hydrogen) atoms. The van der Waals surface area contributed by atoms with Crippen LogP contribution in [0.1, 0.15) is 496 Å². The molecule has 0 N–H and O–H groups in total. The molecule has 21 aliphatic rings. The van der Waals surface area contributed by atoms with Crippen molar-refractivity contribution in [1.82, 2.24) is 0 Å². The van der Waals surface area contributed by atoms with Gasteiger partial charge in [-0.3, -0.25) is 0 Å². The summed E-state index contributed by atoms with van der Waals surface area (Å²) in [6, 6.07) is 26.4. The molecule has 0 amide bonds. The van der Waals surface area contributed by atoms with Crippen LogP contribution in [0.5, 0.6) is 0 Å². The van der Waals surface area contributed by atoms with Crippen molar-refractivity contribution in [2.45, 2.75) is 501 Å². The first-order valence-corrected chi connectivity index (χ1v) is 54.8. The molecule has 9 fully saturated rings. The number of hydrogen-bond acceptors (Lipinski definition) is 0. The lowest BCUT2D eigenvalue weighted by atomic mass is 9.71. The fraction of sp³-hybridized carbons (Fsp3) is 0.750. The molecule has 21 aliphatic carbocycles. The second-order valence-electron chi connectivity index (χ2n) is 43.3. The number of rotatable bonds is 0. The number of fused-ring (bicyclic) bond motifs is 9. The van der Waals surface area contributed by atoms with Gasteiger partial charge in [0, 0.05) is 0 Å². The number of allylic oxidation sites excluding steroid dienone is 12. The SMILES string of the molecule is C1=CCC2CCCC2C1.C1=CCC2CCCCC2C1.C1=CCC2CCCCCC2C1.C1CCC2=C(C1)CCC2.C1CCC2=C(C1)CCCC2.C1CCC2=C(CC1)CCCC2.C1CCC2CCCC2C1.C1CCC2CCCCC2C1.C1CCC2CCCCC2CC1.c1ccc2c(c1)CCC2.c1ccc2c(c1)CCCC2.c1ccc2c(c1)CCCCC2. The summed E-state index contributed by atoms with van der Waals surface area (Å²) in [6.45, 7) is 0. The Morgan fingerprint density at radius 1 is 0.117 bits per heavy atom. The average molecular weight is 1630 g/mol. The second kappa shape index (κ2) is 55.6. The molecule has 0 aromatic heterocycles. The van der Waals surface area contributed by atoms with E-state index in [4.69, 9.17) is 0 Å². The third-order valence-electron chi connectivity index (χ3n) is 35.3. The van der Waals surface area contributed by atoms with Crippen LogP contribution in [0.15, 0.2) is 143 Å². The molecule has 0 radical (unpaired) electrons. The van der Waals surface area contributed by atoms with E-state index in [1.165, 1.54) is 436 Å². The van der Waals surface area contributed by atoms with E-state index in [1.54, 1.807) is 110 Å². The highest BCUT2D eigenvalue weighted by Gasteiger charge is 2.32. The normalized spacial score (nSPS) is 30.7. The molecular weight excluding hydrogens is 1440 g/mol. The maximum Gasteiger partial charge on any atom is -0.0273 e. The molecule has 0 heterocycles. The van der Waals surface area contributed by atoms with E-state index in [0.29, 0.717) is 0 Å². The third-order valence-corrected chi connectivity index (χ3v) is 35.3. The maximum absolute atomic E-state index is 2.40. The van der Waals surface area contributed by atoms with Crippen molar-refractivity contribution in [3.63, 3.8) is 0 Å². The van der Waals surface area contributed by atoms with Gasteiger partial charge < -0.3 is 0 Å². The van der Waals surface area contributed by atoms with E-state index in [2.05, 4.69) is 109 Å². The Morgan fingerprint density at radius 3 is 0.475 bits per heavy atom. The first kappa shape index (κ1) is 93.7. The van der Waals surface area contributed by atoms with Crippen molar-refractivity contribution in [2.24, 2.45) is 71.0 Å². The zero-order chi connectivity index (χ0) is 81.7. The highest BCUT2D eigenvalue weighted by molar-refractivity contribution is 5.32. The molecule has 10 atom stereocenters. The van der Waals surface area contributed by atoms with Gasteiger partial charge in [0.15, 0.2) is 0 Å². The highest BCUT2D eigenvalue weighted by Crippen LogP contribution is 2.46. The fourth-order valence-electron chi connectivity index (χ4n) is 27.9. The van der Waals surface area contributed by atoms with E-state index >= 15 is 0 Å². The van der Waals surface area contributed by atoms with Crippen LogP contribution in [0, 0.1) is 71.0 Å². The van der Waals surface area contributed by atoms with E-state index in [1.807, 2.05) is 33.4 Å². The number of aryl methyl sites for hydroxylation is 6. The van der Waals surface area contributed by atoms with Gasteiger partial charge in [0.2, 0.25) is 0 Å². The van der Waals surface area contributed by atoms with Gasteiger partial charge in [-0.1, -0.05) is 348 Å². The Kier molecular flexibility index (Phi) is 43.5. The molecule has 0 spiro atoms. The molecule has 0 aliphatic heterocycles. The van der Waals surface area contributed by atoms with Gasteiger partial charge in [-0.05, 0) is 400 Å². The first-order valence-electron chi connectivity index (χ1n) is 54.8. The predicted molar refractivity (Wildman–Crippen MR) is 524 cm³/mol. The minimum atomic E-state index is 1.06. The van der Waals surface area contributed by atoms with Crippen LogP contribution < -0.4 is 0 Å². The van der Waals surface area contributed by atoms with Crippen molar-refractivity contribution < 1.29 is 0 Å². The van der Waals surface area contributed by atoms with E-state index in [9.17, 15) is 0 Å². The van der Waals surface area contributed by atoms with Gasteiger partial charge in [-0.15, -0.1) is 0 Å². The summed E-state index contributed by atoms with van der Waals surface area (Å²) in [5.74, 6) is 13.3. The summed E-state index contributed by atoms with van der Waals surface area (Å²) < 4.78 is 0. The predicted octanol–water partition coefficient (Wildman–Crippen LogP) is 37.5. The van der Waals surface area contributed by atoms with Crippen LogP contribution in [0.3, 0.4) is 0 Å². The molecule has 0 heteroatoms. The maximum atomic E-state index is 2.40. The average Bonchev–Trinajstić information content (AvgIpc) is 1.84. The van der Waals surface area contributed by atoms with Crippen LogP contribution in [0.25, 0.3) is 0 Å². The molecule has 0 saturated heterocycles. The molecule has 9 saturated carbocycles. The largest absolute Gasteiger partial charge is 0.0882 e. The van der Waals surface area contributed by atoms with Crippen molar-refractivity contribution in [3.8, 4) is 0 Å². The fourth-order valence-corrected chi connectivity index (χ4v) is 27.9. The lowest BCUT2D eigenvalue weighted by molar-refractivity contribution is 0.171. The van der Waals surface area contributed by atoms with E-state index < -0.39 is 0 Å². The van der Waals surface area contributed by atoms with Crippen LogP contribution >= 0.6 is 0 Å². The minimum Gasteiger partial charge on any atom is -0.0882 e. The Morgan fingerprint density at radius 2 is 0.250 bits per heavy atom. The van der Waals surface area contributed by atoms with Crippen molar-refractivity contribution in [3.05, 3.63) is 176 Å². The monoisotopic (exact) mass is 1630 g/mol. The lowest BCUT2D eigenvalue weighted by Gasteiger charge is -2.35. The highest BCUT2D eigenvalue weighted by atomic mass is 14.4. The Balaban J connectivity index is 0.000000113. The van der Waals surface area contributed by atoms with Gasteiger partial charge in [-0.25, -0.2) is 0 Å². The molecule has 3 aromatic rings. The minimum absolute atomic E-state index is 1.06. The topological polar surface area (TPSA) is 0 Å². The lowest BCUT2D eigenvalue weighted by Crippen LogP contribution is -2.22. The smallest absolute Gasteiger partial charge is 0.0273 e. The molecule has 24 rings (SSSR count). The van der Waals surface area contributed by atoms with Gasteiger partial charge in [0.25, 0.3) is 0 Å². The third kappa shape index (κ3) is 32.4. The summed E-state index contributed by atoms with van der Waals surface area (Å²) in [4.78, 5) is 0. The molecule has 0 nitrogen and oxygen atoms in total. The van der Waals surface area contributed by atoms with Gasteiger partial charge in [0.1, 0.15) is 0 Å². The molecule has 666 valence electrons. The van der Waals surface area contributed by atoms with Crippen LogP contribution in [-0.2, 0) is 38.5 Å². The molecule has 0 bridgehead atoms. The number of hydrogen-bond donors (Lipinski definition) is 0. The van der Waals surface area contributed by atoms with Crippen molar-refractivity contribution in [1.29, 1.82) is 0 Å². The Hall–Kier alpha value is -3.90. The molecule has 10 unspecified atom stereocenters. The van der Waals surface area contributed by atoms with Crippen molar-refractivity contribution in [2.75, 3.05) is 0 Å². The van der Waals surface area contributed by atoms with Crippen LogP contribution in [-0.4, -0.2) is 0 Å². The number of benzene rings is 3. The summed E-state index contributed by atoms with van der Waals surface area (Å²) in [7, 11) is 0. The Labute approximate surface area is 743 Å². The summed E-state index contributed by atoms with van der Waals surface area (Å²) in [5, 5.41) is 0. The summed E-state index contributed by atoms with van der Waals surface area (Å²) in [6.07, 6.45) is 129. The quantitative estimate of drug-likeness (QED) is 0.155. The molecular formula is C120H186. The Bertz CT molecular complexity index is 3230. The zero-order valence-electron chi connectivity index (χ0n) is 78.5. The van der Waals surface area contributed by atoms with Gasteiger partial charge in [0.05, 0.1) is 0 Å². The summed E-state index contributed by atoms with van der Waals surface area (Å²) >= 11 is 0. The zero-order valence-corrected chi connectivity index (χ0v) is 78.5. The molecule has 3 aromatic carbocycles. The van der Waals surface area contributed by atoms with Crippen LogP contribution in [0.2, 0.25) is 0 Å². The van der Waals surface area contributed by atoms with Crippen LogP contribution in [0.4, 0.5) is 0 Å². The summed E-state index contributed by atoms with van der Waals surface area (Å²) in [5.41, 5.74) is 20.5. The first-order chi connectivity index (χ1) is 59.6. The van der Waals surface area contributed by atoms with Crippen molar-refractivity contribution >= 4 is 0 Å².